The zero-order valence-corrected chi connectivity index (χ0v) is 19.3. The van der Waals surface area contributed by atoms with Crippen LogP contribution in [-0.4, -0.2) is 26.7 Å². The molecule has 0 saturated carbocycles. The van der Waals surface area contributed by atoms with Crippen LogP contribution in [0, 0.1) is 13.8 Å². The number of hydrogen-bond donors (Lipinski definition) is 2. The van der Waals surface area contributed by atoms with Crippen molar-refractivity contribution in [3.63, 3.8) is 0 Å². The normalized spacial score (nSPS) is 16.1. The lowest BCUT2D eigenvalue weighted by Gasteiger charge is -2.10. The number of amidine groups is 1. The zero-order valence-electron chi connectivity index (χ0n) is 17.0. The number of rotatable bonds is 4. The molecule has 1 aromatic heterocycles. The van der Waals surface area contributed by atoms with Crippen LogP contribution in [0.2, 0.25) is 10.0 Å². The highest BCUT2D eigenvalue weighted by Gasteiger charge is 2.25. The summed E-state index contributed by atoms with van der Waals surface area (Å²) in [6.07, 6.45) is 1.79. The lowest BCUT2D eigenvalue weighted by molar-refractivity contribution is -0.115. The second-order valence-electron chi connectivity index (χ2n) is 7.07. The molecule has 1 saturated heterocycles. The second kappa shape index (κ2) is 8.86. The van der Waals surface area contributed by atoms with Crippen molar-refractivity contribution >= 4 is 63.8 Å². The van der Waals surface area contributed by atoms with E-state index in [0.717, 1.165) is 22.6 Å². The SMILES string of the molecule is Cc1cc(/C=C2\SC(=Nc3cccc(Cl)c3Cl)NC2=O)c(C)n1-c1cccc(C(=O)O)c1. The quantitative estimate of drug-likeness (QED) is 0.444. The Hall–Kier alpha value is -3.00. The van der Waals surface area contributed by atoms with Crippen LogP contribution >= 0.6 is 35.0 Å². The number of carboxylic acid groups (broad SMARTS) is 1. The number of aromatic carboxylic acids is 1. The van der Waals surface area contributed by atoms with Gasteiger partial charge in [-0.25, -0.2) is 9.79 Å². The Morgan fingerprint density at radius 3 is 2.66 bits per heavy atom. The average Bonchev–Trinajstić information content (AvgIpc) is 3.23. The topological polar surface area (TPSA) is 83.7 Å². The number of aromatic nitrogens is 1. The predicted octanol–water partition coefficient (Wildman–Crippen LogP) is 5.99. The van der Waals surface area contributed by atoms with Crippen molar-refractivity contribution in [2.75, 3.05) is 0 Å². The summed E-state index contributed by atoms with van der Waals surface area (Å²) < 4.78 is 1.96. The van der Waals surface area contributed by atoms with Gasteiger partial charge in [-0.15, -0.1) is 0 Å². The number of benzene rings is 2. The van der Waals surface area contributed by atoms with Gasteiger partial charge in [0, 0.05) is 17.1 Å². The van der Waals surface area contributed by atoms with Crippen molar-refractivity contribution in [2.24, 2.45) is 4.99 Å². The molecule has 2 heterocycles. The lowest BCUT2D eigenvalue weighted by atomic mass is 10.2. The summed E-state index contributed by atoms with van der Waals surface area (Å²) in [6, 6.07) is 13.8. The molecule has 0 unspecified atom stereocenters. The number of carbonyl (C=O) groups excluding carboxylic acids is 1. The third-order valence-electron chi connectivity index (χ3n) is 4.91. The number of nitrogens with zero attached hydrogens (tertiary/aromatic N) is 2. The minimum atomic E-state index is -0.984. The standard InChI is InChI=1S/C23H17Cl2N3O3S/c1-12-9-15(13(2)28(12)16-6-3-5-14(10-16)22(30)31)11-19-21(29)27-23(32-19)26-18-8-4-7-17(24)20(18)25/h3-11H,1-2H3,(H,30,31)(H,26,27,29)/b19-11-. The van der Waals surface area contributed by atoms with Gasteiger partial charge in [0.25, 0.3) is 5.91 Å². The predicted molar refractivity (Wildman–Crippen MR) is 129 cm³/mol. The Balaban J connectivity index is 1.66. The zero-order chi connectivity index (χ0) is 23.0. The molecular weight excluding hydrogens is 469 g/mol. The number of aliphatic imine (C=N–C) groups is 1. The van der Waals surface area contributed by atoms with E-state index in [0.29, 0.717) is 25.8 Å². The second-order valence-corrected chi connectivity index (χ2v) is 8.89. The van der Waals surface area contributed by atoms with Crippen molar-refractivity contribution in [3.8, 4) is 5.69 Å². The van der Waals surface area contributed by atoms with Gasteiger partial charge in [-0.3, -0.25) is 4.79 Å². The van der Waals surface area contributed by atoms with Gasteiger partial charge < -0.3 is 15.0 Å². The number of halogens is 2. The van der Waals surface area contributed by atoms with E-state index in [-0.39, 0.29) is 11.5 Å². The summed E-state index contributed by atoms with van der Waals surface area (Å²) in [5, 5.41) is 13.2. The van der Waals surface area contributed by atoms with E-state index in [1.54, 1.807) is 42.5 Å². The average molecular weight is 486 g/mol. The van der Waals surface area contributed by atoms with Crippen LogP contribution in [0.5, 0.6) is 0 Å². The van der Waals surface area contributed by atoms with Gasteiger partial charge in [0.15, 0.2) is 5.17 Å². The van der Waals surface area contributed by atoms with Crippen molar-refractivity contribution in [3.05, 3.63) is 86.0 Å². The molecule has 32 heavy (non-hydrogen) atoms. The fourth-order valence-electron chi connectivity index (χ4n) is 3.42. The number of carboxylic acids is 1. The van der Waals surface area contributed by atoms with Crippen LogP contribution in [0.25, 0.3) is 11.8 Å². The van der Waals surface area contributed by atoms with Gasteiger partial charge in [-0.1, -0.05) is 35.3 Å². The van der Waals surface area contributed by atoms with Gasteiger partial charge in [0.1, 0.15) is 0 Å². The van der Waals surface area contributed by atoms with E-state index >= 15 is 0 Å². The van der Waals surface area contributed by atoms with Crippen LogP contribution in [0.4, 0.5) is 5.69 Å². The molecule has 0 bridgehead atoms. The Kier molecular flexibility index (Phi) is 6.15. The first-order valence-corrected chi connectivity index (χ1v) is 11.1. The van der Waals surface area contributed by atoms with Crippen LogP contribution in [-0.2, 0) is 4.79 Å². The van der Waals surface area contributed by atoms with Crippen LogP contribution in [0.1, 0.15) is 27.3 Å². The number of amides is 1. The number of nitrogens with one attached hydrogen (secondary N) is 1. The molecule has 1 amide bonds. The molecule has 0 radical (unpaired) electrons. The molecule has 2 N–H and O–H groups in total. The summed E-state index contributed by atoms with van der Waals surface area (Å²) in [6.45, 7) is 3.85. The van der Waals surface area contributed by atoms with Gasteiger partial charge >= 0.3 is 5.97 Å². The third-order valence-corrected chi connectivity index (χ3v) is 6.63. The minimum Gasteiger partial charge on any atom is -0.478 e. The number of aryl methyl sites for hydroxylation is 1. The Labute approximate surface area is 198 Å². The van der Waals surface area contributed by atoms with Gasteiger partial charge in [-0.05, 0) is 73.6 Å². The van der Waals surface area contributed by atoms with Crippen LogP contribution in [0.15, 0.2) is 58.4 Å². The Morgan fingerprint density at radius 1 is 1.16 bits per heavy atom. The summed E-state index contributed by atoms with van der Waals surface area (Å²) in [5.74, 6) is -1.24. The maximum atomic E-state index is 12.5. The number of carbonyl (C=O) groups is 2. The highest BCUT2D eigenvalue weighted by Crippen LogP contribution is 2.35. The van der Waals surface area contributed by atoms with Crippen LogP contribution < -0.4 is 5.32 Å². The minimum absolute atomic E-state index is 0.209. The smallest absolute Gasteiger partial charge is 0.335 e. The molecule has 0 aliphatic carbocycles. The molecule has 4 rings (SSSR count). The maximum absolute atomic E-state index is 12.5. The fourth-order valence-corrected chi connectivity index (χ4v) is 4.58. The van der Waals surface area contributed by atoms with E-state index in [9.17, 15) is 14.7 Å². The molecular formula is C23H17Cl2N3O3S. The molecule has 1 aliphatic rings. The molecule has 1 fully saturated rings. The molecule has 162 valence electrons. The molecule has 6 nitrogen and oxygen atoms in total. The first-order chi connectivity index (χ1) is 15.2. The summed E-state index contributed by atoms with van der Waals surface area (Å²) >= 11 is 13.4. The fraction of sp³-hybridized carbons (Fsp3) is 0.0870. The maximum Gasteiger partial charge on any atom is 0.335 e. The molecule has 0 spiro atoms. The Morgan fingerprint density at radius 2 is 1.91 bits per heavy atom. The first-order valence-electron chi connectivity index (χ1n) is 9.51. The summed E-state index contributed by atoms with van der Waals surface area (Å²) in [7, 11) is 0. The molecule has 9 heteroatoms. The van der Waals surface area contributed by atoms with E-state index in [1.807, 2.05) is 30.5 Å². The van der Waals surface area contributed by atoms with Crippen molar-refractivity contribution in [1.29, 1.82) is 0 Å². The molecule has 3 aromatic rings. The van der Waals surface area contributed by atoms with Gasteiger partial charge in [-0.2, -0.15) is 0 Å². The van der Waals surface area contributed by atoms with Crippen molar-refractivity contribution in [2.45, 2.75) is 13.8 Å². The third kappa shape index (κ3) is 4.32. The molecule has 0 atom stereocenters. The molecule has 2 aromatic carbocycles. The summed E-state index contributed by atoms with van der Waals surface area (Å²) in [4.78, 5) is 28.7. The highest BCUT2D eigenvalue weighted by molar-refractivity contribution is 8.18. The first kappa shape index (κ1) is 22.2. The van der Waals surface area contributed by atoms with E-state index < -0.39 is 5.97 Å². The van der Waals surface area contributed by atoms with Crippen molar-refractivity contribution < 1.29 is 14.7 Å². The van der Waals surface area contributed by atoms with Crippen LogP contribution in [0.3, 0.4) is 0 Å². The monoisotopic (exact) mass is 485 g/mol. The summed E-state index contributed by atoms with van der Waals surface area (Å²) in [5.41, 5.74) is 4.07. The molecule has 1 aliphatic heterocycles. The van der Waals surface area contributed by atoms with Gasteiger partial charge in [0.05, 0.1) is 26.2 Å². The lowest BCUT2D eigenvalue weighted by Crippen LogP contribution is -2.19. The number of hydrogen-bond acceptors (Lipinski definition) is 4. The largest absolute Gasteiger partial charge is 0.478 e. The Bertz CT molecular complexity index is 1330. The van der Waals surface area contributed by atoms with Gasteiger partial charge in [0.2, 0.25) is 0 Å². The van der Waals surface area contributed by atoms with Crippen molar-refractivity contribution in [1.82, 2.24) is 9.88 Å². The number of thioether (sulfide) groups is 1. The van der Waals surface area contributed by atoms with E-state index in [4.69, 9.17) is 23.2 Å². The van der Waals surface area contributed by atoms with E-state index in [2.05, 4.69) is 10.3 Å². The highest BCUT2D eigenvalue weighted by atomic mass is 35.5. The van der Waals surface area contributed by atoms with E-state index in [1.165, 1.54) is 11.8 Å².